The Bertz CT molecular complexity index is 1120. The smallest absolute Gasteiger partial charge is 0.256 e. The van der Waals surface area contributed by atoms with Crippen molar-refractivity contribution in [2.24, 2.45) is 7.05 Å². The van der Waals surface area contributed by atoms with Gasteiger partial charge in [-0.2, -0.15) is 5.10 Å². The van der Waals surface area contributed by atoms with E-state index in [2.05, 4.69) is 25.6 Å². The third-order valence-corrected chi connectivity index (χ3v) is 4.53. The molecule has 0 saturated heterocycles. The summed E-state index contributed by atoms with van der Waals surface area (Å²) in [5, 5.41) is 15.4. The van der Waals surface area contributed by atoms with Crippen molar-refractivity contribution >= 4 is 11.6 Å². The summed E-state index contributed by atoms with van der Waals surface area (Å²) >= 11 is 0. The Morgan fingerprint density at radius 3 is 2.71 bits per heavy atom. The average molecular weight is 373 g/mol. The molecule has 0 unspecified atom stereocenters. The van der Waals surface area contributed by atoms with Gasteiger partial charge in [-0.25, -0.2) is 9.67 Å². The van der Waals surface area contributed by atoms with Crippen LogP contribution in [0.15, 0.2) is 61.2 Å². The van der Waals surface area contributed by atoms with Crippen LogP contribution in [0.1, 0.15) is 21.7 Å². The van der Waals surface area contributed by atoms with Gasteiger partial charge in [0.25, 0.3) is 5.91 Å². The summed E-state index contributed by atoms with van der Waals surface area (Å²) in [7, 11) is 1.91. The molecule has 2 aromatic heterocycles. The monoisotopic (exact) mass is 373 g/mol. The Balaban J connectivity index is 1.58. The first kappa shape index (κ1) is 17.6. The lowest BCUT2D eigenvalue weighted by Crippen LogP contribution is -2.15. The van der Waals surface area contributed by atoms with Crippen LogP contribution >= 0.6 is 0 Å². The molecule has 0 atom stereocenters. The van der Waals surface area contributed by atoms with Crippen molar-refractivity contribution in [2.45, 2.75) is 13.5 Å². The number of anilines is 1. The van der Waals surface area contributed by atoms with Crippen molar-refractivity contribution < 1.29 is 4.79 Å². The van der Waals surface area contributed by atoms with E-state index in [9.17, 15) is 4.79 Å². The van der Waals surface area contributed by atoms with E-state index in [1.54, 1.807) is 17.1 Å². The summed E-state index contributed by atoms with van der Waals surface area (Å²) < 4.78 is 3.59. The number of nitrogens with one attached hydrogen (secondary N) is 1. The van der Waals surface area contributed by atoms with E-state index >= 15 is 0 Å². The van der Waals surface area contributed by atoms with E-state index in [0.29, 0.717) is 17.8 Å². The maximum Gasteiger partial charge on any atom is 0.256 e. The van der Waals surface area contributed by atoms with E-state index in [1.165, 1.54) is 6.33 Å². The molecule has 0 saturated carbocycles. The molecule has 8 nitrogen and oxygen atoms in total. The molecular weight excluding hydrogens is 354 g/mol. The number of benzene rings is 2. The molecule has 0 radical (unpaired) electrons. The molecule has 4 rings (SSSR count). The fourth-order valence-electron chi connectivity index (χ4n) is 2.96. The molecule has 0 aliphatic heterocycles. The van der Waals surface area contributed by atoms with Crippen LogP contribution in [0.2, 0.25) is 0 Å². The first-order valence-corrected chi connectivity index (χ1v) is 8.80. The maximum absolute atomic E-state index is 12.9. The van der Waals surface area contributed by atoms with Gasteiger partial charge in [0.05, 0.1) is 6.54 Å². The second-order valence-corrected chi connectivity index (χ2v) is 6.41. The Morgan fingerprint density at radius 1 is 1.11 bits per heavy atom. The van der Waals surface area contributed by atoms with Gasteiger partial charge in [0.1, 0.15) is 18.5 Å². The summed E-state index contributed by atoms with van der Waals surface area (Å²) in [6, 6.07) is 15.0. The van der Waals surface area contributed by atoms with Gasteiger partial charge >= 0.3 is 0 Å². The number of amides is 1. The highest BCUT2D eigenvalue weighted by molar-refractivity contribution is 6.05. The average Bonchev–Trinajstić information content (AvgIpc) is 3.33. The predicted molar refractivity (Wildman–Crippen MR) is 105 cm³/mol. The highest BCUT2D eigenvalue weighted by Crippen LogP contribution is 2.22. The minimum atomic E-state index is -0.179. The lowest BCUT2D eigenvalue weighted by molar-refractivity contribution is 0.102. The van der Waals surface area contributed by atoms with Crippen molar-refractivity contribution in [2.75, 3.05) is 5.32 Å². The van der Waals surface area contributed by atoms with Crippen molar-refractivity contribution in [1.29, 1.82) is 0 Å². The third-order valence-electron chi connectivity index (χ3n) is 4.53. The normalized spacial score (nSPS) is 10.8. The zero-order valence-corrected chi connectivity index (χ0v) is 15.6. The third kappa shape index (κ3) is 3.52. The molecular formula is C20H19N7O. The quantitative estimate of drug-likeness (QED) is 0.581. The molecule has 28 heavy (non-hydrogen) atoms. The Morgan fingerprint density at radius 2 is 1.96 bits per heavy atom. The van der Waals surface area contributed by atoms with Gasteiger partial charge in [-0.15, -0.1) is 10.2 Å². The Hall–Kier alpha value is -3.81. The number of nitrogens with zero attached hydrogens (tertiary/aromatic N) is 6. The van der Waals surface area contributed by atoms with E-state index in [0.717, 1.165) is 22.8 Å². The molecule has 1 amide bonds. The number of hydrogen-bond donors (Lipinski definition) is 1. The standard InChI is InChI=1S/C20H19N7O/c1-14-24-25-19(26(14)2)15-7-5-8-17(10-15)23-20(28)18-9-4-3-6-16(18)11-27-13-21-12-22-27/h3-10,12-13H,11H2,1-2H3,(H,23,28). The summed E-state index contributed by atoms with van der Waals surface area (Å²) in [4.78, 5) is 16.8. The van der Waals surface area contributed by atoms with Crippen molar-refractivity contribution in [3.8, 4) is 11.4 Å². The van der Waals surface area contributed by atoms with E-state index in [1.807, 2.05) is 61.0 Å². The molecule has 0 spiro atoms. The van der Waals surface area contributed by atoms with Crippen LogP contribution in [-0.4, -0.2) is 35.4 Å². The highest BCUT2D eigenvalue weighted by atomic mass is 16.1. The fraction of sp³-hybridized carbons (Fsp3) is 0.150. The first-order chi connectivity index (χ1) is 13.6. The molecule has 0 fully saturated rings. The summed E-state index contributed by atoms with van der Waals surface area (Å²) in [5.41, 5.74) is 3.04. The Kier molecular flexibility index (Phi) is 4.67. The van der Waals surface area contributed by atoms with Gasteiger partial charge in [0.2, 0.25) is 0 Å². The second kappa shape index (κ2) is 7.43. The molecule has 0 aliphatic rings. The molecule has 2 heterocycles. The van der Waals surface area contributed by atoms with Crippen LogP contribution < -0.4 is 5.32 Å². The minimum absolute atomic E-state index is 0.179. The first-order valence-electron chi connectivity index (χ1n) is 8.80. The summed E-state index contributed by atoms with van der Waals surface area (Å²) in [6.45, 7) is 2.37. The number of rotatable bonds is 5. The number of carbonyl (C=O) groups excluding carboxylic acids is 1. The fourth-order valence-corrected chi connectivity index (χ4v) is 2.96. The Labute approximate surface area is 161 Å². The summed E-state index contributed by atoms with van der Waals surface area (Å²) in [5.74, 6) is 1.40. The highest BCUT2D eigenvalue weighted by Gasteiger charge is 2.13. The minimum Gasteiger partial charge on any atom is -0.322 e. The molecule has 0 aliphatic carbocycles. The van der Waals surface area contributed by atoms with Gasteiger partial charge in [0, 0.05) is 23.9 Å². The maximum atomic E-state index is 12.9. The van der Waals surface area contributed by atoms with Gasteiger partial charge in [-0.05, 0) is 30.7 Å². The molecule has 8 heteroatoms. The van der Waals surface area contributed by atoms with Crippen molar-refractivity contribution in [3.05, 3.63) is 78.1 Å². The van der Waals surface area contributed by atoms with Gasteiger partial charge < -0.3 is 9.88 Å². The van der Waals surface area contributed by atoms with Crippen LogP contribution in [0, 0.1) is 6.92 Å². The molecule has 1 N–H and O–H groups in total. The van der Waals surface area contributed by atoms with Gasteiger partial charge in [-0.3, -0.25) is 4.79 Å². The second-order valence-electron chi connectivity index (χ2n) is 6.41. The van der Waals surface area contributed by atoms with Crippen LogP contribution in [0.4, 0.5) is 5.69 Å². The lowest BCUT2D eigenvalue weighted by Gasteiger charge is -2.11. The number of aryl methyl sites for hydroxylation is 1. The summed E-state index contributed by atoms with van der Waals surface area (Å²) in [6.07, 6.45) is 3.10. The topological polar surface area (TPSA) is 90.5 Å². The van der Waals surface area contributed by atoms with Crippen molar-refractivity contribution in [1.82, 2.24) is 29.5 Å². The predicted octanol–water partition coefficient (Wildman–Crippen LogP) is 2.68. The van der Waals surface area contributed by atoms with Crippen molar-refractivity contribution in [3.63, 3.8) is 0 Å². The van der Waals surface area contributed by atoms with Gasteiger partial charge in [-0.1, -0.05) is 30.3 Å². The zero-order valence-electron chi connectivity index (χ0n) is 15.6. The van der Waals surface area contributed by atoms with Gasteiger partial charge in [0.15, 0.2) is 5.82 Å². The van der Waals surface area contributed by atoms with E-state index < -0.39 is 0 Å². The van der Waals surface area contributed by atoms with E-state index in [4.69, 9.17) is 0 Å². The van der Waals surface area contributed by atoms with Crippen LogP contribution in [0.3, 0.4) is 0 Å². The molecule has 4 aromatic rings. The lowest BCUT2D eigenvalue weighted by atomic mass is 10.1. The number of aromatic nitrogens is 6. The largest absolute Gasteiger partial charge is 0.322 e. The molecule has 140 valence electrons. The van der Waals surface area contributed by atoms with Crippen LogP contribution in [-0.2, 0) is 13.6 Å². The molecule has 0 bridgehead atoms. The van der Waals surface area contributed by atoms with E-state index in [-0.39, 0.29) is 5.91 Å². The van der Waals surface area contributed by atoms with Crippen LogP contribution in [0.25, 0.3) is 11.4 Å². The zero-order chi connectivity index (χ0) is 19.5. The number of hydrogen-bond acceptors (Lipinski definition) is 5. The number of carbonyl (C=O) groups is 1. The molecule has 2 aromatic carbocycles. The van der Waals surface area contributed by atoms with Crippen LogP contribution in [0.5, 0.6) is 0 Å². The SMILES string of the molecule is Cc1nnc(-c2cccc(NC(=O)c3ccccc3Cn3cncn3)c2)n1C.